The van der Waals surface area contributed by atoms with Gasteiger partial charge in [0, 0.05) is 45.9 Å². The first kappa shape index (κ1) is 29.5. The number of methoxy groups -OCH3 is 2. The lowest BCUT2D eigenvalue weighted by molar-refractivity contribution is -0.139. The van der Waals surface area contributed by atoms with Crippen molar-refractivity contribution in [2.24, 2.45) is 4.99 Å². The predicted molar refractivity (Wildman–Crippen MR) is 172 cm³/mol. The number of carbonyl (C=O) groups excluding carboxylic acids is 1. The SMILES string of the molecule is CCOC(=O)C1=C(C)N=c2s/c(=C\c3cn(Cc4ccccc4Cl)c4ccccc34)c(=O)n2C1c1ccc(OC)cc1OC. The standard InChI is InChI=1S/C34H30ClN3O5S/c1-5-43-33(40)30-20(2)36-34-38(31(30)25-15-14-23(41-3)17-28(25)42-4)32(39)29(44-34)16-22-19-37(27-13-9-7-11-24(22)27)18-21-10-6-8-12-26(21)35/h6-17,19,31H,5,18H2,1-4H3/b29-16-. The number of allylic oxidation sites excluding steroid dienone is 1. The number of aromatic nitrogens is 2. The zero-order valence-electron chi connectivity index (χ0n) is 24.7. The third-order valence-corrected chi connectivity index (χ3v) is 9.01. The Morgan fingerprint density at radius 2 is 1.84 bits per heavy atom. The Hall–Kier alpha value is -4.60. The van der Waals surface area contributed by atoms with E-state index in [-0.39, 0.29) is 17.7 Å². The van der Waals surface area contributed by atoms with Gasteiger partial charge >= 0.3 is 5.97 Å². The summed E-state index contributed by atoms with van der Waals surface area (Å²) >= 11 is 7.76. The lowest BCUT2D eigenvalue weighted by Crippen LogP contribution is -2.40. The van der Waals surface area contributed by atoms with Crippen LogP contribution in [-0.2, 0) is 16.1 Å². The molecule has 0 bridgehead atoms. The van der Waals surface area contributed by atoms with E-state index in [0.29, 0.717) is 43.7 Å². The van der Waals surface area contributed by atoms with Crippen molar-refractivity contribution in [3.63, 3.8) is 0 Å². The highest BCUT2D eigenvalue weighted by molar-refractivity contribution is 7.07. The molecule has 224 valence electrons. The van der Waals surface area contributed by atoms with Gasteiger partial charge in [-0.2, -0.15) is 0 Å². The number of thiazole rings is 1. The van der Waals surface area contributed by atoms with Crippen molar-refractivity contribution in [2.75, 3.05) is 20.8 Å². The van der Waals surface area contributed by atoms with Crippen molar-refractivity contribution >= 4 is 45.9 Å². The molecular formula is C34H30ClN3O5S. The number of hydrogen-bond acceptors (Lipinski definition) is 7. The molecule has 1 aliphatic heterocycles. The van der Waals surface area contributed by atoms with Crippen molar-refractivity contribution in [1.82, 2.24) is 9.13 Å². The van der Waals surface area contributed by atoms with Gasteiger partial charge in [-0.3, -0.25) is 9.36 Å². The highest BCUT2D eigenvalue weighted by Gasteiger charge is 2.35. The van der Waals surface area contributed by atoms with Crippen LogP contribution < -0.4 is 24.4 Å². The number of rotatable bonds is 8. The van der Waals surface area contributed by atoms with Crippen LogP contribution in [0.5, 0.6) is 11.5 Å². The third-order valence-electron chi connectivity index (χ3n) is 7.66. The second kappa shape index (κ2) is 12.2. The zero-order valence-corrected chi connectivity index (χ0v) is 26.2. The molecule has 44 heavy (non-hydrogen) atoms. The van der Waals surface area contributed by atoms with Crippen LogP contribution in [0.1, 0.15) is 36.6 Å². The molecule has 6 rings (SSSR count). The molecular weight excluding hydrogens is 598 g/mol. The summed E-state index contributed by atoms with van der Waals surface area (Å²) in [6.45, 7) is 4.27. The van der Waals surface area contributed by atoms with Crippen molar-refractivity contribution in [2.45, 2.75) is 26.4 Å². The second-order valence-electron chi connectivity index (χ2n) is 10.2. The number of hydrogen-bond donors (Lipinski definition) is 0. The van der Waals surface area contributed by atoms with Gasteiger partial charge in [0.05, 0.1) is 36.6 Å². The van der Waals surface area contributed by atoms with Gasteiger partial charge in [0.2, 0.25) is 0 Å². The monoisotopic (exact) mass is 627 g/mol. The highest BCUT2D eigenvalue weighted by Crippen LogP contribution is 2.37. The summed E-state index contributed by atoms with van der Waals surface area (Å²) in [6, 6.07) is 20.3. The molecule has 5 aromatic rings. The molecule has 1 aliphatic rings. The maximum absolute atomic E-state index is 14.3. The highest BCUT2D eigenvalue weighted by atomic mass is 35.5. The Labute approximate surface area is 262 Å². The quantitative estimate of drug-likeness (QED) is 0.213. The minimum atomic E-state index is -0.810. The van der Waals surface area contributed by atoms with E-state index < -0.39 is 12.0 Å². The molecule has 0 N–H and O–H groups in total. The summed E-state index contributed by atoms with van der Waals surface area (Å²) in [7, 11) is 3.11. The fourth-order valence-corrected chi connectivity index (χ4v) is 6.84. The predicted octanol–water partition coefficient (Wildman–Crippen LogP) is 5.47. The molecule has 0 saturated heterocycles. The van der Waals surface area contributed by atoms with E-state index in [2.05, 4.69) is 10.6 Å². The third kappa shape index (κ3) is 5.22. The lowest BCUT2D eigenvalue weighted by atomic mass is 9.95. The second-order valence-corrected chi connectivity index (χ2v) is 11.6. The summed E-state index contributed by atoms with van der Waals surface area (Å²) < 4.78 is 20.7. The van der Waals surface area contributed by atoms with Gasteiger partial charge in [-0.25, -0.2) is 9.79 Å². The van der Waals surface area contributed by atoms with Crippen LogP contribution in [0.4, 0.5) is 0 Å². The van der Waals surface area contributed by atoms with Gasteiger partial charge in [-0.15, -0.1) is 0 Å². The number of halogens is 1. The van der Waals surface area contributed by atoms with Crippen molar-refractivity contribution in [3.05, 3.63) is 126 Å². The molecule has 10 heteroatoms. The van der Waals surface area contributed by atoms with Gasteiger partial charge in [-0.1, -0.05) is 59.3 Å². The molecule has 0 aliphatic carbocycles. The van der Waals surface area contributed by atoms with E-state index in [9.17, 15) is 9.59 Å². The van der Waals surface area contributed by atoms with Crippen LogP contribution >= 0.6 is 22.9 Å². The minimum Gasteiger partial charge on any atom is -0.497 e. The molecule has 0 spiro atoms. The van der Waals surface area contributed by atoms with Gasteiger partial charge in [0.1, 0.15) is 17.5 Å². The van der Waals surface area contributed by atoms with Crippen LogP contribution in [0, 0.1) is 0 Å². The topological polar surface area (TPSA) is 84.1 Å². The smallest absolute Gasteiger partial charge is 0.338 e. The average molecular weight is 628 g/mol. The van der Waals surface area contributed by atoms with Crippen molar-refractivity contribution in [1.29, 1.82) is 0 Å². The van der Waals surface area contributed by atoms with Crippen LogP contribution in [0.25, 0.3) is 17.0 Å². The Kier molecular flexibility index (Phi) is 8.16. The van der Waals surface area contributed by atoms with E-state index in [1.807, 2.05) is 54.7 Å². The van der Waals surface area contributed by atoms with Gasteiger partial charge < -0.3 is 18.8 Å². The molecule has 0 fully saturated rings. The molecule has 8 nitrogen and oxygen atoms in total. The van der Waals surface area contributed by atoms with Crippen LogP contribution in [0.2, 0.25) is 5.02 Å². The minimum absolute atomic E-state index is 0.185. The molecule has 2 aromatic heterocycles. The first-order chi connectivity index (χ1) is 21.3. The van der Waals surface area contributed by atoms with Gasteiger partial charge in [0.25, 0.3) is 5.56 Å². The number of fused-ring (bicyclic) bond motifs is 2. The molecule has 0 amide bonds. The van der Waals surface area contributed by atoms with E-state index in [1.54, 1.807) is 50.8 Å². The van der Waals surface area contributed by atoms with E-state index in [4.69, 9.17) is 30.8 Å². The fraction of sp³-hybridized carbons (Fsp3) is 0.206. The molecule has 1 unspecified atom stereocenters. The molecule has 3 heterocycles. The van der Waals surface area contributed by atoms with Gasteiger partial charge in [-0.05, 0) is 49.8 Å². The Bertz CT molecular complexity index is 2120. The van der Waals surface area contributed by atoms with Crippen molar-refractivity contribution < 1.29 is 19.0 Å². The summed E-state index contributed by atoms with van der Waals surface area (Å²) in [4.78, 5) is 32.8. The number of benzene rings is 3. The number of ether oxygens (including phenoxy) is 3. The van der Waals surface area contributed by atoms with Crippen LogP contribution in [0.15, 0.2) is 94.0 Å². The number of carbonyl (C=O) groups is 1. The van der Waals surface area contributed by atoms with Gasteiger partial charge in [0.15, 0.2) is 4.80 Å². The average Bonchev–Trinajstić information content (AvgIpc) is 3.53. The zero-order chi connectivity index (χ0) is 31.0. The maximum Gasteiger partial charge on any atom is 0.338 e. The molecule has 1 atom stereocenters. The summed E-state index contributed by atoms with van der Waals surface area (Å²) in [5.74, 6) is 0.529. The van der Waals surface area contributed by atoms with Crippen molar-refractivity contribution in [3.8, 4) is 11.5 Å². The first-order valence-electron chi connectivity index (χ1n) is 14.1. The summed E-state index contributed by atoms with van der Waals surface area (Å²) in [5, 5.41) is 1.70. The Balaban J connectivity index is 1.54. The van der Waals surface area contributed by atoms with Crippen LogP contribution in [0.3, 0.4) is 0 Å². The summed E-state index contributed by atoms with van der Waals surface area (Å²) in [6.07, 6.45) is 3.92. The first-order valence-corrected chi connectivity index (χ1v) is 15.3. The van der Waals surface area contributed by atoms with E-state index >= 15 is 0 Å². The molecule has 0 saturated carbocycles. The molecule has 0 radical (unpaired) electrons. The summed E-state index contributed by atoms with van der Waals surface area (Å²) in [5.41, 5.74) is 4.02. The number of nitrogens with zero attached hydrogens (tertiary/aromatic N) is 3. The largest absolute Gasteiger partial charge is 0.497 e. The lowest BCUT2D eigenvalue weighted by Gasteiger charge is -2.26. The van der Waals surface area contributed by atoms with E-state index in [0.717, 1.165) is 22.0 Å². The Morgan fingerprint density at radius 1 is 1.07 bits per heavy atom. The fourth-order valence-electron chi connectivity index (χ4n) is 5.60. The normalized spacial score (nSPS) is 14.8. The van der Waals surface area contributed by atoms with E-state index in [1.165, 1.54) is 11.3 Å². The maximum atomic E-state index is 14.3. The Morgan fingerprint density at radius 3 is 2.59 bits per heavy atom. The number of esters is 1. The number of para-hydroxylation sites is 1. The van der Waals surface area contributed by atoms with Crippen LogP contribution in [-0.4, -0.2) is 35.9 Å². The molecule has 3 aromatic carbocycles.